The van der Waals surface area contributed by atoms with Gasteiger partial charge in [-0.25, -0.2) is 23.4 Å². The minimum absolute atomic E-state index is 0. The van der Waals surface area contributed by atoms with Gasteiger partial charge in [0.2, 0.25) is 6.41 Å². The summed E-state index contributed by atoms with van der Waals surface area (Å²) in [7, 11) is 3.17. The van der Waals surface area contributed by atoms with Gasteiger partial charge in [-0.2, -0.15) is 0 Å². The monoisotopic (exact) mass is 576 g/mol. The summed E-state index contributed by atoms with van der Waals surface area (Å²) in [4.78, 5) is 40.4. The first-order chi connectivity index (χ1) is 18.7. The van der Waals surface area contributed by atoms with Gasteiger partial charge in [0.05, 0.1) is 19.2 Å². The van der Waals surface area contributed by atoms with Gasteiger partial charge in [0.25, 0.3) is 0 Å². The van der Waals surface area contributed by atoms with Gasteiger partial charge in [-0.3, -0.25) is 9.80 Å². The molecular weight excluding hydrogens is 542 g/mol. The Morgan fingerprint density at radius 2 is 1.73 bits per heavy atom. The standard InChI is InChI=1S/C29H34F2N4O4.ClH/c1-19-26(28(37)39-3)27(22-11-14-24(30)25(31)17-22)35(29(38)32-19)34(18-36)16-15-33(2)23-12-9-21(10-13-23)20-7-5-4-6-8-20;/h4-8,11,14,17-18,21,23,27H,9-10,12-13,15-16H2,1-3H3,(H,32,38);1H/t21-,23-,27?;. The Kier molecular flexibility index (Phi) is 10.6. The van der Waals surface area contributed by atoms with Crippen LogP contribution in [0.25, 0.3) is 0 Å². The largest absolute Gasteiger partial charge is 0.466 e. The van der Waals surface area contributed by atoms with Crippen molar-refractivity contribution in [2.75, 3.05) is 27.2 Å². The molecule has 1 aliphatic heterocycles. The number of amides is 3. The van der Waals surface area contributed by atoms with E-state index in [-0.39, 0.29) is 35.8 Å². The third-order valence-electron chi connectivity index (χ3n) is 7.76. The Labute approximate surface area is 239 Å². The minimum atomic E-state index is -1.20. The molecule has 40 heavy (non-hydrogen) atoms. The highest BCUT2D eigenvalue weighted by atomic mass is 35.5. The van der Waals surface area contributed by atoms with Crippen LogP contribution in [0.4, 0.5) is 13.6 Å². The molecule has 1 unspecified atom stereocenters. The van der Waals surface area contributed by atoms with Crippen LogP contribution in [0.3, 0.4) is 0 Å². The van der Waals surface area contributed by atoms with Crippen LogP contribution in [-0.4, -0.2) is 66.6 Å². The zero-order valence-electron chi connectivity index (χ0n) is 22.8. The lowest BCUT2D eigenvalue weighted by Gasteiger charge is -2.43. The Morgan fingerprint density at radius 3 is 2.33 bits per heavy atom. The zero-order valence-corrected chi connectivity index (χ0v) is 23.6. The van der Waals surface area contributed by atoms with E-state index in [0.29, 0.717) is 24.9 Å². The quantitative estimate of drug-likeness (QED) is 0.338. The molecule has 0 radical (unpaired) electrons. The molecule has 2 aromatic carbocycles. The number of nitrogens with zero attached hydrogens (tertiary/aromatic N) is 3. The molecule has 1 heterocycles. The topological polar surface area (TPSA) is 82.2 Å². The molecule has 0 aromatic heterocycles. The fraction of sp³-hybridized carbons (Fsp3) is 0.414. The molecule has 8 nitrogen and oxygen atoms in total. The number of carbonyl (C=O) groups excluding carboxylic acids is 3. The van der Waals surface area contributed by atoms with Crippen LogP contribution in [0.15, 0.2) is 59.8 Å². The van der Waals surface area contributed by atoms with Gasteiger partial charge in [-0.1, -0.05) is 36.4 Å². The first kappa shape index (κ1) is 31.0. The van der Waals surface area contributed by atoms with Crippen molar-refractivity contribution < 1.29 is 27.9 Å². The lowest BCUT2D eigenvalue weighted by Crippen LogP contribution is -2.57. The fourth-order valence-electron chi connectivity index (χ4n) is 5.59. The molecule has 1 fully saturated rings. The molecule has 1 aliphatic carbocycles. The summed E-state index contributed by atoms with van der Waals surface area (Å²) in [5, 5.41) is 4.83. The number of esters is 1. The van der Waals surface area contributed by atoms with E-state index in [1.54, 1.807) is 0 Å². The summed E-state index contributed by atoms with van der Waals surface area (Å²) in [5.74, 6) is -2.43. The van der Waals surface area contributed by atoms with E-state index >= 15 is 0 Å². The average molecular weight is 577 g/mol. The molecule has 0 saturated heterocycles. The van der Waals surface area contributed by atoms with E-state index in [2.05, 4.69) is 34.5 Å². The number of hydrogen-bond acceptors (Lipinski definition) is 5. The number of halogens is 3. The molecule has 2 aromatic rings. The predicted octanol–water partition coefficient (Wildman–Crippen LogP) is 4.93. The van der Waals surface area contributed by atoms with Gasteiger partial charge in [-0.05, 0) is 68.8 Å². The molecule has 3 amide bonds. The summed E-state index contributed by atoms with van der Waals surface area (Å²) < 4.78 is 32.9. The Hall–Kier alpha value is -3.50. The van der Waals surface area contributed by atoms with Crippen molar-refractivity contribution in [3.05, 3.63) is 82.6 Å². The molecule has 1 saturated carbocycles. The molecular formula is C29H35ClF2N4O4. The maximum atomic E-state index is 14.2. The van der Waals surface area contributed by atoms with Crippen molar-refractivity contribution in [2.24, 2.45) is 0 Å². The number of likely N-dealkylation sites (N-methyl/N-ethyl adjacent to an activating group) is 1. The number of benzene rings is 2. The van der Waals surface area contributed by atoms with Crippen LogP contribution in [0.2, 0.25) is 0 Å². The Morgan fingerprint density at radius 1 is 1.05 bits per heavy atom. The number of rotatable bonds is 9. The Balaban J connectivity index is 0.00000441. The summed E-state index contributed by atoms with van der Waals surface area (Å²) in [6.07, 6.45) is 4.65. The smallest absolute Gasteiger partial charge is 0.341 e. The van der Waals surface area contributed by atoms with E-state index in [1.165, 1.54) is 30.7 Å². The van der Waals surface area contributed by atoms with E-state index in [0.717, 1.165) is 42.8 Å². The summed E-state index contributed by atoms with van der Waals surface area (Å²) in [6, 6.07) is 12.1. The molecule has 4 rings (SSSR count). The van der Waals surface area contributed by atoms with Gasteiger partial charge in [0.1, 0.15) is 6.04 Å². The predicted molar refractivity (Wildman–Crippen MR) is 148 cm³/mol. The maximum Gasteiger partial charge on any atom is 0.341 e. The van der Waals surface area contributed by atoms with Crippen molar-refractivity contribution in [3.63, 3.8) is 0 Å². The molecule has 0 bridgehead atoms. The van der Waals surface area contributed by atoms with Crippen LogP contribution in [-0.2, 0) is 14.3 Å². The van der Waals surface area contributed by atoms with Crippen molar-refractivity contribution in [1.82, 2.24) is 20.2 Å². The molecule has 1 atom stereocenters. The number of allylic oxidation sites excluding steroid dienone is 1. The SMILES string of the molecule is COC(=O)C1=C(C)NC(=O)N(N(C=O)CCN(C)[C@H]2CC[C@H](c3ccccc3)CC2)C1c1ccc(F)c(F)c1.Cl. The summed E-state index contributed by atoms with van der Waals surface area (Å²) >= 11 is 0. The van der Waals surface area contributed by atoms with Crippen LogP contribution in [0, 0.1) is 11.6 Å². The Bertz CT molecular complexity index is 1240. The van der Waals surface area contributed by atoms with Crippen LogP contribution >= 0.6 is 12.4 Å². The van der Waals surface area contributed by atoms with Gasteiger partial charge in [0.15, 0.2) is 11.6 Å². The second-order valence-corrected chi connectivity index (χ2v) is 10.0. The number of ether oxygens (including phenoxy) is 1. The maximum absolute atomic E-state index is 14.2. The van der Waals surface area contributed by atoms with Crippen LogP contribution < -0.4 is 5.32 Å². The van der Waals surface area contributed by atoms with E-state index in [4.69, 9.17) is 4.74 Å². The van der Waals surface area contributed by atoms with Gasteiger partial charge in [-0.15, -0.1) is 12.4 Å². The third kappa shape index (κ3) is 6.62. The average Bonchev–Trinajstić information content (AvgIpc) is 2.95. The summed E-state index contributed by atoms with van der Waals surface area (Å²) in [6.45, 7) is 2.11. The third-order valence-corrected chi connectivity index (χ3v) is 7.76. The van der Waals surface area contributed by atoms with Crippen molar-refractivity contribution in [1.29, 1.82) is 0 Å². The fourth-order valence-corrected chi connectivity index (χ4v) is 5.59. The van der Waals surface area contributed by atoms with Crippen molar-refractivity contribution in [2.45, 2.75) is 50.6 Å². The second-order valence-electron chi connectivity index (χ2n) is 10.0. The lowest BCUT2D eigenvalue weighted by molar-refractivity contribution is -0.141. The number of carbonyl (C=O) groups is 3. The highest BCUT2D eigenvalue weighted by Crippen LogP contribution is 2.36. The highest BCUT2D eigenvalue weighted by Gasteiger charge is 2.41. The zero-order chi connectivity index (χ0) is 28.1. The van der Waals surface area contributed by atoms with E-state index in [9.17, 15) is 23.2 Å². The number of nitrogens with one attached hydrogen (secondary N) is 1. The first-order valence-corrected chi connectivity index (χ1v) is 13.1. The number of urea groups is 1. The molecule has 1 N–H and O–H groups in total. The van der Waals surface area contributed by atoms with Crippen LogP contribution in [0.5, 0.6) is 0 Å². The summed E-state index contributed by atoms with van der Waals surface area (Å²) in [5.41, 5.74) is 1.70. The minimum Gasteiger partial charge on any atom is -0.466 e. The highest BCUT2D eigenvalue weighted by molar-refractivity contribution is 5.95. The van der Waals surface area contributed by atoms with Crippen molar-refractivity contribution >= 4 is 30.8 Å². The van der Waals surface area contributed by atoms with Gasteiger partial charge < -0.3 is 15.0 Å². The molecule has 0 spiro atoms. The second kappa shape index (κ2) is 13.7. The van der Waals surface area contributed by atoms with Gasteiger partial charge in [0, 0.05) is 18.3 Å². The van der Waals surface area contributed by atoms with Crippen molar-refractivity contribution in [3.8, 4) is 0 Å². The van der Waals surface area contributed by atoms with E-state index in [1.807, 2.05) is 13.1 Å². The van der Waals surface area contributed by atoms with Gasteiger partial charge >= 0.3 is 12.0 Å². The molecule has 2 aliphatic rings. The number of hydrogen-bond donors (Lipinski definition) is 1. The number of hydrazine groups is 1. The van der Waals surface area contributed by atoms with E-state index < -0.39 is 29.7 Å². The normalized spacial score (nSPS) is 21.0. The lowest BCUT2D eigenvalue weighted by atomic mass is 9.81. The number of methoxy groups -OCH3 is 1. The molecule has 216 valence electrons. The molecule has 11 heteroatoms. The first-order valence-electron chi connectivity index (χ1n) is 13.1. The van der Waals surface area contributed by atoms with Crippen LogP contribution in [0.1, 0.15) is 55.7 Å².